The van der Waals surface area contributed by atoms with E-state index in [0.29, 0.717) is 9.92 Å². The second-order valence-electron chi connectivity index (χ2n) is 2.35. The smallest absolute Gasteiger partial charge is 0.113 e. The first-order chi connectivity index (χ1) is 5.55. The van der Waals surface area contributed by atoms with Gasteiger partial charge in [-0.1, -0.05) is 0 Å². The van der Waals surface area contributed by atoms with Gasteiger partial charge in [0.05, 0.1) is 14.6 Å². The third-order valence-corrected chi connectivity index (χ3v) is 3.36. The van der Waals surface area contributed by atoms with E-state index < -0.39 is 9.73 Å². The molecule has 1 heterocycles. The van der Waals surface area contributed by atoms with Crippen molar-refractivity contribution >= 4 is 21.5 Å². The maximum atomic E-state index is 11.4. The summed E-state index contributed by atoms with van der Waals surface area (Å²) in [6, 6.07) is 3.39. The SMILES string of the molecule is CSc1ncccc1S(C)(=N)=O. The first kappa shape index (κ1) is 9.54. The van der Waals surface area contributed by atoms with E-state index in [-0.39, 0.29) is 0 Å². The summed E-state index contributed by atoms with van der Waals surface area (Å²) in [6.45, 7) is 0. The molecule has 12 heavy (non-hydrogen) atoms. The molecule has 0 fully saturated rings. The molecular formula is C7H10N2OS2. The molecule has 1 aromatic rings. The van der Waals surface area contributed by atoms with Crippen LogP contribution in [0, 0.1) is 4.78 Å². The van der Waals surface area contributed by atoms with E-state index in [1.165, 1.54) is 18.0 Å². The highest BCUT2D eigenvalue weighted by Crippen LogP contribution is 2.21. The number of nitrogens with one attached hydrogen (secondary N) is 1. The largest absolute Gasteiger partial charge is 0.249 e. The maximum Gasteiger partial charge on any atom is 0.113 e. The molecule has 0 saturated heterocycles. The van der Waals surface area contributed by atoms with Crippen molar-refractivity contribution in [3.05, 3.63) is 18.3 Å². The van der Waals surface area contributed by atoms with Gasteiger partial charge in [-0.05, 0) is 18.4 Å². The molecular weight excluding hydrogens is 192 g/mol. The highest BCUT2D eigenvalue weighted by Gasteiger charge is 2.08. The van der Waals surface area contributed by atoms with Crippen molar-refractivity contribution in [1.29, 1.82) is 4.78 Å². The molecule has 0 aliphatic heterocycles. The fraction of sp³-hybridized carbons (Fsp3) is 0.286. The van der Waals surface area contributed by atoms with Crippen LogP contribution in [-0.2, 0) is 9.73 Å². The summed E-state index contributed by atoms with van der Waals surface area (Å²) in [5.74, 6) is 0. The molecule has 0 aliphatic rings. The summed E-state index contributed by atoms with van der Waals surface area (Å²) in [5, 5.41) is 0.681. The van der Waals surface area contributed by atoms with Gasteiger partial charge in [0.25, 0.3) is 0 Å². The molecule has 0 bridgehead atoms. The van der Waals surface area contributed by atoms with Crippen LogP contribution in [-0.4, -0.2) is 21.7 Å². The van der Waals surface area contributed by atoms with E-state index in [9.17, 15) is 4.21 Å². The first-order valence-electron chi connectivity index (χ1n) is 3.28. The fourth-order valence-corrected chi connectivity index (χ4v) is 2.71. The summed E-state index contributed by atoms with van der Waals surface area (Å²) in [5.41, 5.74) is 0. The molecule has 0 spiro atoms. The lowest BCUT2D eigenvalue weighted by Crippen LogP contribution is -1.98. The van der Waals surface area contributed by atoms with Gasteiger partial charge in [0.2, 0.25) is 0 Å². The zero-order valence-electron chi connectivity index (χ0n) is 6.90. The van der Waals surface area contributed by atoms with E-state index in [4.69, 9.17) is 4.78 Å². The highest BCUT2D eigenvalue weighted by atomic mass is 32.2. The van der Waals surface area contributed by atoms with Gasteiger partial charge in [-0.2, -0.15) is 0 Å². The Bertz CT molecular complexity index is 373. The van der Waals surface area contributed by atoms with Crippen LogP contribution in [0.4, 0.5) is 0 Å². The molecule has 3 nitrogen and oxygen atoms in total. The Hall–Kier alpha value is -0.550. The topological polar surface area (TPSA) is 53.8 Å². The Morgan fingerprint density at radius 3 is 2.75 bits per heavy atom. The van der Waals surface area contributed by atoms with Crippen molar-refractivity contribution in [2.75, 3.05) is 12.5 Å². The van der Waals surface area contributed by atoms with Crippen LogP contribution in [0.15, 0.2) is 28.3 Å². The van der Waals surface area contributed by atoms with Crippen molar-refractivity contribution in [1.82, 2.24) is 4.98 Å². The zero-order chi connectivity index (χ0) is 9.19. The normalized spacial score (nSPS) is 15.5. The van der Waals surface area contributed by atoms with Crippen molar-refractivity contribution < 1.29 is 4.21 Å². The van der Waals surface area contributed by atoms with Crippen LogP contribution < -0.4 is 0 Å². The Kier molecular flexibility index (Phi) is 2.74. The third kappa shape index (κ3) is 1.98. The van der Waals surface area contributed by atoms with E-state index in [0.717, 1.165) is 0 Å². The number of rotatable bonds is 2. The number of aromatic nitrogens is 1. The Morgan fingerprint density at radius 1 is 1.67 bits per heavy atom. The summed E-state index contributed by atoms with van der Waals surface area (Å²) < 4.78 is 18.8. The van der Waals surface area contributed by atoms with Crippen molar-refractivity contribution in [2.24, 2.45) is 0 Å². The van der Waals surface area contributed by atoms with Crippen molar-refractivity contribution in [3.63, 3.8) is 0 Å². The number of nitrogens with zero attached hydrogens (tertiary/aromatic N) is 1. The van der Waals surface area contributed by atoms with E-state index in [1.807, 2.05) is 6.26 Å². The summed E-state index contributed by atoms with van der Waals surface area (Å²) >= 11 is 1.41. The standard InChI is InChI=1S/C7H10N2OS2/c1-11-7-6(12(2,8)10)4-3-5-9-7/h3-5,8H,1-2H3. The lowest BCUT2D eigenvalue weighted by atomic mass is 10.5. The predicted octanol–water partition coefficient (Wildman–Crippen LogP) is 1.84. The van der Waals surface area contributed by atoms with Gasteiger partial charge in [0.1, 0.15) is 5.03 Å². The number of hydrogen-bond donors (Lipinski definition) is 1. The summed E-state index contributed by atoms with van der Waals surface area (Å²) in [6.07, 6.45) is 4.90. The second kappa shape index (κ2) is 3.45. The average Bonchev–Trinajstić information content (AvgIpc) is 2.03. The molecule has 0 radical (unpaired) electrons. The molecule has 1 aromatic heterocycles. The minimum atomic E-state index is -2.63. The van der Waals surface area contributed by atoms with Gasteiger partial charge in [0.15, 0.2) is 0 Å². The lowest BCUT2D eigenvalue weighted by molar-refractivity contribution is 0.676. The molecule has 1 N–H and O–H groups in total. The van der Waals surface area contributed by atoms with Crippen LogP contribution in [0.1, 0.15) is 0 Å². The minimum absolute atomic E-state index is 0.525. The summed E-state index contributed by atoms with van der Waals surface area (Å²) in [7, 11) is -2.63. The molecule has 1 rings (SSSR count). The zero-order valence-corrected chi connectivity index (χ0v) is 8.54. The van der Waals surface area contributed by atoms with Crippen molar-refractivity contribution in [3.8, 4) is 0 Å². The van der Waals surface area contributed by atoms with E-state index in [2.05, 4.69) is 4.98 Å². The highest BCUT2D eigenvalue weighted by molar-refractivity contribution is 7.99. The summed E-state index contributed by atoms with van der Waals surface area (Å²) in [4.78, 5) is 4.55. The van der Waals surface area contributed by atoms with Gasteiger partial charge < -0.3 is 0 Å². The Morgan fingerprint density at radius 2 is 2.33 bits per heavy atom. The lowest BCUT2D eigenvalue weighted by Gasteiger charge is -2.04. The second-order valence-corrected chi connectivity index (χ2v) is 5.28. The first-order valence-corrected chi connectivity index (χ1v) is 6.47. The van der Waals surface area contributed by atoms with Gasteiger partial charge >= 0.3 is 0 Å². The molecule has 5 heteroatoms. The minimum Gasteiger partial charge on any atom is -0.249 e. The maximum absolute atomic E-state index is 11.4. The monoisotopic (exact) mass is 202 g/mol. The Balaban J connectivity index is 3.33. The van der Waals surface area contributed by atoms with Gasteiger partial charge in [-0.15, -0.1) is 11.8 Å². The molecule has 1 unspecified atom stereocenters. The molecule has 0 amide bonds. The molecule has 66 valence electrons. The fourth-order valence-electron chi connectivity index (χ4n) is 0.826. The number of hydrogen-bond acceptors (Lipinski definition) is 4. The molecule has 0 aliphatic carbocycles. The van der Waals surface area contributed by atoms with Crippen molar-refractivity contribution in [2.45, 2.75) is 9.92 Å². The Labute approximate surface area is 76.6 Å². The van der Waals surface area contributed by atoms with Crippen LogP contribution in [0.3, 0.4) is 0 Å². The average molecular weight is 202 g/mol. The van der Waals surface area contributed by atoms with E-state index in [1.54, 1.807) is 18.3 Å². The van der Waals surface area contributed by atoms with Gasteiger partial charge in [-0.25, -0.2) is 14.0 Å². The van der Waals surface area contributed by atoms with Crippen LogP contribution in [0.25, 0.3) is 0 Å². The molecule has 1 atom stereocenters. The number of thioether (sulfide) groups is 1. The van der Waals surface area contributed by atoms with Gasteiger partial charge in [0, 0.05) is 12.5 Å². The van der Waals surface area contributed by atoms with Crippen LogP contribution >= 0.6 is 11.8 Å². The molecule has 0 saturated carbocycles. The third-order valence-electron chi connectivity index (χ3n) is 1.35. The quantitative estimate of drug-likeness (QED) is 0.744. The van der Waals surface area contributed by atoms with E-state index >= 15 is 0 Å². The molecule has 0 aromatic carbocycles. The van der Waals surface area contributed by atoms with Gasteiger partial charge in [-0.3, -0.25) is 0 Å². The number of pyridine rings is 1. The predicted molar refractivity (Wildman–Crippen MR) is 51.1 cm³/mol. The van der Waals surface area contributed by atoms with Crippen LogP contribution in [0.2, 0.25) is 0 Å². The van der Waals surface area contributed by atoms with Crippen LogP contribution in [0.5, 0.6) is 0 Å².